The Morgan fingerprint density at radius 1 is 0.979 bits per heavy atom. The predicted octanol–water partition coefficient (Wildman–Crippen LogP) is 8.56. The Kier molecular flexibility index (Phi) is 8.65. The maximum Gasteiger partial charge on any atom is 0.309 e. The van der Waals surface area contributed by atoms with E-state index in [0.717, 1.165) is 51.4 Å². The second kappa shape index (κ2) is 11.7. The molecule has 0 aliphatic heterocycles. The average molecular weight is 682 g/mol. The molecule has 48 heavy (non-hydrogen) atoms. The molecule has 8 heteroatoms. The maximum absolute atomic E-state index is 13.9. The molecule has 5 aliphatic carbocycles. The van der Waals surface area contributed by atoms with Gasteiger partial charge < -0.3 is 15.2 Å². The molecule has 0 radical (unpaired) electrons. The Labute approximate surface area is 291 Å². The van der Waals surface area contributed by atoms with Gasteiger partial charge >= 0.3 is 11.9 Å². The highest BCUT2D eigenvalue weighted by molar-refractivity contribution is 7.12. The molecule has 5 saturated carbocycles. The fourth-order valence-electron chi connectivity index (χ4n) is 13.0. The lowest BCUT2D eigenvalue weighted by Crippen LogP contribution is -2.69. The fraction of sp³-hybridized carbons (Fsp3) is 0.800. The third-order valence-corrected chi connectivity index (χ3v) is 16.4. The second-order valence-electron chi connectivity index (χ2n) is 18.9. The van der Waals surface area contributed by atoms with Gasteiger partial charge in [-0.1, -0.05) is 54.5 Å². The number of fused-ring (bicyclic) bond motifs is 7. The summed E-state index contributed by atoms with van der Waals surface area (Å²) in [6, 6.07) is 3.80. The van der Waals surface area contributed by atoms with Gasteiger partial charge in [-0.2, -0.15) is 0 Å². The number of ketones is 1. The van der Waals surface area contributed by atoms with Crippen molar-refractivity contribution in [2.24, 2.45) is 62.6 Å². The van der Waals surface area contributed by atoms with Crippen molar-refractivity contribution in [3.05, 3.63) is 22.4 Å². The third-order valence-electron chi connectivity index (χ3n) is 15.6. The molecule has 1 aromatic heterocycles. The van der Waals surface area contributed by atoms with Crippen LogP contribution in [0.3, 0.4) is 0 Å². The lowest BCUT2D eigenvalue weighted by atomic mass is 9.32. The van der Waals surface area contributed by atoms with Crippen LogP contribution in [0.25, 0.3) is 0 Å². The van der Waals surface area contributed by atoms with Gasteiger partial charge in [0.25, 0.3) is 5.91 Å². The zero-order chi connectivity index (χ0) is 35.2. The summed E-state index contributed by atoms with van der Waals surface area (Å²) in [5.74, 6) is 0.462. The van der Waals surface area contributed by atoms with Gasteiger partial charge in [0.2, 0.25) is 0 Å². The molecule has 0 bridgehead atoms. The topological polar surface area (TPSA) is 110 Å². The van der Waals surface area contributed by atoms with E-state index in [0.29, 0.717) is 34.8 Å². The highest BCUT2D eigenvalue weighted by atomic mass is 32.1. The number of hydrogen-bond acceptors (Lipinski definition) is 6. The van der Waals surface area contributed by atoms with Gasteiger partial charge in [-0.05, 0) is 122 Å². The zero-order valence-electron chi connectivity index (χ0n) is 30.7. The number of hydrogen-bond donors (Lipinski definition) is 2. The van der Waals surface area contributed by atoms with Crippen LogP contribution in [0, 0.1) is 62.6 Å². The molecule has 6 rings (SSSR count). The standard InChI is InChI=1S/C40H59NO6S/c1-23(2)31-25(42)21-40(41-33(44)26-11-10-20-48-26)19-18-38(8)24(32(31)40)12-13-28-37(7)16-15-29(47-30(43)22-35(3,4)34(45)46)36(5,6)27(37)14-17-39(28,38)9/h10-11,20,23-24,27-29,31-32H,12-19,21-22H2,1-9H3,(H,41,44)(H,45,46)/t24?,27?,28?,29-,31?,32?,37-,38+,39?,40+/m0/s1. The highest BCUT2D eigenvalue weighted by Gasteiger charge is 2.72. The Morgan fingerprint density at radius 2 is 1.69 bits per heavy atom. The number of carboxylic acids is 1. The third kappa shape index (κ3) is 5.15. The molecule has 0 aromatic carbocycles. The minimum Gasteiger partial charge on any atom is -0.481 e. The molecule has 266 valence electrons. The number of rotatable bonds is 7. The summed E-state index contributed by atoms with van der Waals surface area (Å²) in [5.41, 5.74) is -1.67. The maximum atomic E-state index is 13.9. The minimum atomic E-state index is -1.16. The largest absolute Gasteiger partial charge is 0.481 e. The molecule has 6 unspecified atom stereocenters. The van der Waals surface area contributed by atoms with Gasteiger partial charge in [0.1, 0.15) is 11.9 Å². The van der Waals surface area contributed by atoms with E-state index in [2.05, 4.69) is 53.8 Å². The number of ether oxygens (including phenoxy) is 1. The van der Waals surface area contributed by atoms with E-state index in [9.17, 15) is 24.3 Å². The minimum absolute atomic E-state index is 0.0325. The van der Waals surface area contributed by atoms with Crippen LogP contribution in [0.5, 0.6) is 0 Å². The smallest absolute Gasteiger partial charge is 0.309 e. The summed E-state index contributed by atoms with van der Waals surface area (Å²) < 4.78 is 6.15. The van der Waals surface area contributed by atoms with Gasteiger partial charge in [-0.15, -0.1) is 11.3 Å². The molecular weight excluding hydrogens is 623 g/mol. The summed E-state index contributed by atoms with van der Waals surface area (Å²) in [6.07, 6.45) is 8.05. The van der Waals surface area contributed by atoms with E-state index in [1.54, 1.807) is 13.8 Å². The number of aliphatic carboxylic acids is 1. The van der Waals surface area contributed by atoms with E-state index in [4.69, 9.17) is 4.74 Å². The molecule has 7 nitrogen and oxygen atoms in total. The molecule has 1 heterocycles. The van der Waals surface area contributed by atoms with Crippen molar-refractivity contribution >= 4 is 35.0 Å². The Bertz CT molecular complexity index is 1470. The van der Waals surface area contributed by atoms with Crippen LogP contribution in [0.4, 0.5) is 0 Å². The Balaban J connectivity index is 1.28. The monoisotopic (exact) mass is 681 g/mol. The van der Waals surface area contributed by atoms with Crippen LogP contribution in [0.1, 0.15) is 136 Å². The van der Waals surface area contributed by atoms with Crippen LogP contribution >= 0.6 is 11.3 Å². The molecule has 1 aromatic rings. The van der Waals surface area contributed by atoms with Gasteiger partial charge in [-0.25, -0.2) is 0 Å². The SMILES string of the molecule is CC(C)C1C(=O)C[C@]2(NC(=O)c3cccs3)CC[C@]3(C)C(CCC4C3(C)CCC3C(C)(C)[C@@H](OC(=O)CC(C)(C)C(=O)O)CC[C@@]34C)C12. The number of nitrogens with one attached hydrogen (secondary N) is 1. The number of carboxylic acid groups (broad SMARTS) is 1. The van der Waals surface area contributed by atoms with Gasteiger partial charge in [-0.3, -0.25) is 19.2 Å². The van der Waals surface area contributed by atoms with Crippen molar-refractivity contribution in [2.75, 3.05) is 0 Å². The quantitative estimate of drug-likeness (QED) is 0.279. The van der Waals surface area contributed by atoms with Crippen LogP contribution in [0.15, 0.2) is 17.5 Å². The highest BCUT2D eigenvalue weighted by Crippen LogP contribution is 2.76. The average Bonchev–Trinajstić information content (AvgIpc) is 3.61. The summed E-state index contributed by atoms with van der Waals surface area (Å²) in [5, 5.41) is 15.0. The van der Waals surface area contributed by atoms with Crippen molar-refractivity contribution < 1.29 is 29.0 Å². The van der Waals surface area contributed by atoms with Gasteiger partial charge in [0, 0.05) is 17.8 Å². The van der Waals surface area contributed by atoms with E-state index in [1.165, 1.54) is 11.3 Å². The summed E-state index contributed by atoms with van der Waals surface area (Å²) >= 11 is 1.46. The molecule has 10 atom stereocenters. The normalized spacial score (nSPS) is 41.8. The summed E-state index contributed by atoms with van der Waals surface area (Å²) in [7, 11) is 0. The van der Waals surface area contributed by atoms with Gasteiger partial charge in [0.05, 0.1) is 22.3 Å². The Morgan fingerprint density at radius 3 is 2.31 bits per heavy atom. The fourth-order valence-corrected chi connectivity index (χ4v) is 13.6. The van der Waals surface area contributed by atoms with Crippen LogP contribution in [-0.2, 0) is 19.1 Å². The van der Waals surface area contributed by atoms with Crippen molar-refractivity contribution in [1.29, 1.82) is 0 Å². The lowest BCUT2D eigenvalue weighted by molar-refractivity contribution is -0.247. The first kappa shape index (κ1) is 35.6. The molecule has 1 amide bonds. The van der Waals surface area contributed by atoms with Crippen LogP contribution < -0.4 is 5.32 Å². The van der Waals surface area contributed by atoms with Crippen molar-refractivity contribution in [1.82, 2.24) is 5.32 Å². The number of Topliss-reactive ketones (excluding diaryl/α,β-unsaturated/α-hetero) is 1. The van der Waals surface area contributed by atoms with Crippen LogP contribution in [0.2, 0.25) is 0 Å². The van der Waals surface area contributed by atoms with E-state index >= 15 is 0 Å². The van der Waals surface area contributed by atoms with E-state index in [1.807, 2.05) is 17.5 Å². The van der Waals surface area contributed by atoms with E-state index < -0.39 is 22.9 Å². The number of carbonyl (C=O) groups excluding carboxylic acids is 3. The molecule has 2 N–H and O–H groups in total. The number of thiophene rings is 1. The zero-order valence-corrected chi connectivity index (χ0v) is 31.6. The molecular formula is C40H59NO6S. The Hall–Kier alpha value is -2.22. The van der Waals surface area contributed by atoms with Crippen molar-refractivity contribution in [3.63, 3.8) is 0 Å². The van der Waals surface area contributed by atoms with Crippen molar-refractivity contribution in [3.8, 4) is 0 Å². The number of amides is 1. The molecule has 5 aliphatic rings. The first-order valence-corrected chi connectivity index (χ1v) is 19.4. The van der Waals surface area contributed by atoms with E-state index in [-0.39, 0.29) is 57.8 Å². The lowest BCUT2D eigenvalue weighted by Gasteiger charge is -2.73. The number of carbonyl (C=O) groups is 4. The summed E-state index contributed by atoms with van der Waals surface area (Å²) in [6.45, 7) is 19.7. The second-order valence-corrected chi connectivity index (χ2v) is 19.8. The molecule has 5 fully saturated rings. The summed E-state index contributed by atoms with van der Waals surface area (Å²) in [4.78, 5) is 53.0. The molecule has 0 spiro atoms. The molecule has 0 saturated heterocycles. The van der Waals surface area contributed by atoms with Crippen LogP contribution in [-0.4, -0.2) is 40.4 Å². The number of esters is 1. The van der Waals surface area contributed by atoms with Gasteiger partial charge in [0.15, 0.2) is 0 Å². The van der Waals surface area contributed by atoms with Crippen molar-refractivity contribution in [2.45, 2.75) is 138 Å². The first-order valence-electron chi connectivity index (χ1n) is 18.6. The first-order chi connectivity index (χ1) is 22.2. The predicted molar refractivity (Wildman–Crippen MR) is 187 cm³/mol.